The van der Waals surface area contributed by atoms with Crippen LogP contribution in [0.1, 0.15) is 6.92 Å². The molecule has 0 unspecified atom stereocenters. The lowest BCUT2D eigenvalue weighted by Crippen LogP contribution is -2.41. The van der Waals surface area contributed by atoms with Crippen LogP contribution < -0.4 is 25.4 Å². The average molecular weight is 522 g/mol. The van der Waals surface area contributed by atoms with E-state index in [0.717, 1.165) is 24.4 Å². The highest BCUT2D eigenvalue weighted by Gasteiger charge is 2.14. The van der Waals surface area contributed by atoms with Crippen LogP contribution >= 0.6 is 11.3 Å². The topological polar surface area (TPSA) is 126 Å². The van der Waals surface area contributed by atoms with Crippen LogP contribution in [-0.2, 0) is 25.6 Å². The van der Waals surface area contributed by atoms with Crippen LogP contribution in [0.5, 0.6) is 0 Å². The minimum atomic E-state index is -0.842. The van der Waals surface area contributed by atoms with Crippen LogP contribution in [0.2, 0.25) is 0 Å². The second kappa shape index (κ2) is 13.8. The molecular weight excluding hydrogens is 494 g/mol. The fraction of sp³-hybridized carbons (Fsp3) is 0.308. The van der Waals surface area contributed by atoms with Gasteiger partial charge in [-0.05, 0) is 25.1 Å². The summed E-state index contributed by atoms with van der Waals surface area (Å²) in [6.45, 7) is 8.51. The Balaban J connectivity index is 1.80. The van der Waals surface area contributed by atoms with Crippen LogP contribution in [0.4, 0.5) is 11.4 Å². The highest BCUT2D eigenvalue weighted by Crippen LogP contribution is 2.15. The van der Waals surface area contributed by atoms with Gasteiger partial charge < -0.3 is 20.1 Å². The molecule has 1 aliphatic rings. The number of hydrogen-bond donors (Lipinski definition) is 2. The summed E-state index contributed by atoms with van der Waals surface area (Å²) < 4.78 is 12.2. The first-order valence-electron chi connectivity index (χ1n) is 11.6. The summed E-state index contributed by atoms with van der Waals surface area (Å²) in [7, 11) is 0. The van der Waals surface area contributed by atoms with Gasteiger partial charge in [0.25, 0.3) is 5.56 Å². The van der Waals surface area contributed by atoms with Crippen LogP contribution in [0.25, 0.3) is 11.5 Å². The van der Waals surface area contributed by atoms with Gasteiger partial charge in [-0.2, -0.15) is 5.26 Å². The monoisotopic (exact) mass is 521 g/mol. The van der Waals surface area contributed by atoms with Gasteiger partial charge in [-0.25, -0.2) is 4.79 Å². The van der Waals surface area contributed by atoms with E-state index in [1.54, 1.807) is 31.2 Å². The Morgan fingerprint density at radius 1 is 1.30 bits per heavy atom. The quantitative estimate of drug-likeness (QED) is 0.215. The first kappa shape index (κ1) is 27.4. The molecule has 37 heavy (non-hydrogen) atoms. The van der Waals surface area contributed by atoms with Crippen molar-refractivity contribution in [2.75, 3.05) is 50.1 Å². The number of anilines is 2. The predicted molar refractivity (Wildman–Crippen MR) is 141 cm³/mol. The van der Waals surface area contributed by atoms with Gasteiger partial charge in [0.15, 0.2) is 5.57 Å². The molecule has 1 fully saturated rings. The lowest BCUT2D eigenvalue weighted by molar-refractivity contribution is -0.137. The summed E-state index contributed by atoms with van der Waals surface area (Å²) >= 11 is 1.05. The SMILES string of the molecule is C=CCOC(=O)C(=C=c1sc(=C=CNc2cccc(NC(=O)CN3CCOCC3)c2)c(=O)n1CC)C#N. The molecule has 3 rings (SSSR count). The van der Waals surface area contributed by atoms with Crippen molar-refractivity contribution in [2.45, 2.75) is 13.5 Å². The number of morpholine rings is 1. The molecule has 1 aromatic carbocycles. The van der Waals surface area contributed by atoms with E-state index in [2.05, 4.69) is 28.7 Å². The molecule has 0 spiro atoms. The van der Waals surface area contributed by atoms with E-state index in [-0.39, 0.29) is 28.2 Å². The highest BCUT2D eigenvalue weighted by atomic mass is 32.1. The molecule has 1 saturated heterocycles. The van der Waals surface area contributed by atoms with E-state index >= 15 is 0 Å². The number of nitrogens with one attached hydrogen (secondary N) is 2. The number of hydrogen-bond acceptors (Lipinski definition) is 9. The standard InChI is InChI=1S/C26H27N5O5S/c1-3-12-36-26(34)19(17-27)15-24-31(4-2)25(33)22(37-24)8-9-28-20-6-5-7-21(16-20)29-23(32)18-30-10-13-35-14-11-30/h3,5-7,9,16,28H,1,4,10-14,18H2,2H3,(H,29,32). The van der Waals surface area contributed by atoms with Crippen molar-refractivity contribution in [3.8, 4) is 6.07 Å². The number of ether oxygens (including phenoxy) is 2. The highest BCUT2D eigenvalue weighted by molar-refractivity contribution is 7.07. The van der Waals surface area contributed by atoms with E-state index in [1.165, 1.54) is 16.8 Å². The minimum Gasteiger partial charge on any atom is -0.457 e. The zero-order chi connectivity index (χ0) is 26.6. The van der Waals surface area contributed by atoms with Crippen molar-refractivity contribution in [1.29, 1.82) is 5.26 Å². The largest absolute Gasteiger partial charge is 0.457 e. The van der Waals surface area contributed by atoms with Crippen molar-refractivity contribution >= 4 is 46.1 Å². The third kappa shape index (κ3) is 7.92. The molecule has 2 N–H and O–H groups in total. The lowest BCUT2D eigenvalue weighted by Gasteiger charge is -2.25. The van der Waals surface area contributed by atoms with Gasteiger partial charge in [0.1, 0.15) is 21.9 Å². The van der Waals surface area contributed by atoms with Gasteiger partial charge in [0.05, 0.1) is 19.8 Å². The van der Waals surface area contributed by atoms with Crippen molar-refractivity contribution in [3.05, 3.63) is 68.2 Å². The Kier molecular flexibility index (Phi) is 10.2. The molecule has 2 heterocycles. The summed E-state index contributed by atoms with van der Waals surface area (Å²) in [5, 5.41) is 15.2. The average Bonchev–Trinajstić information content (AvgIpc) is 3.20. The Hall–Kier alpha value is -4.16. The third-order valence-corrected chi connectivity index (χ3v) is 6.15. The number of nitrogens with zero attached hydrogens (tertiary/aromatic N) is 3. The number of benzene rings is 1. The third-order valence-electron chi connectivity index (χ3n) is 5.14. The number of thiazole rings is 1. The van der Waals surface area contributed by atoms with Gasteiger partial charge in [0.2, 0.25) is 5.91 Å². The molecule has 192 valence electrons. The lowest BCUT2D eigenvalue weighted by atomic mass is 10.2. The Morgan fingerprint density at radius 3 is 2.76 bits per heavy atom. The fourth-order valence-electron chi connectivity index (χ4n) is 3.35. The predicted octanol–water partition coefficient (Wildman–Crippen LogP) is 0.764. The molecule has 0 saturated carbocycles. The summed E-state index contributed by atoms with van der Waals surface area (Å²) in [6.07, 6.45) is 2.87. The number of aromatic nitrogens is 1. The maximum Gasteiger partial charge on any atom is 0.357 e. The summed E-state index contributed by atoms with van der Waals surface area (Å²) in [5.41, 5.74) is 6.25. The maximum atomic E-state index is 12.8. The zero-order valence-electron chi connectivity index (χ0n) is 20.4. The number of carbonyl (C=O) groups excluding carboxylic acids is 2. The van der Waals surface area contributed by atoms with Crippen molar-refractivity contribution in [1.82, 2.24) is 9.47 Å². The number of carbonyl (C=O) groups is 2. The Labute approximate surface area is 217 Å². The van der Waals surface area contributed by atoms with E-state index in [9.17, 15) is 19.6 Å². The number of rotatable bonds is 9. The fourth-order valence-corrected chi connectivity index (χ4v) is 4.34. The molecule has 1 amide bonds. The van der Waals surface area contributed by atoms with Crippen LogP contribution in [0.15, 0.2) is 53.5 Å². The second-order valence-corrected chi connectivity index (χ2v) is 8.73. The van der Waals surface area contributed by atoms with Gasteiger partial charge in [0, 0.05) is 37.2 Å². The molecule has 0 radical (unpaired) electrons. The molecule has 0 atom stereocenters. The molecule has 1 aliphatic heterocycles. The normalized spacial score (nSPS) is 12.9. The first-order valence-corrected chi connectivity index (χ1v) is 12.4. The Bertz CT molecular complexity index is 1450. The van der Waals surface area contributed by atoms with Gasteiger partial charge in [-0.15, -0.1) is 0 Å². The molecule has 0 bridgehead atoms. The maximum absolute atomic E-state index is 12.8. The molecule has 0 aliphatic carbocycles. The van der Waals surface area contributed by atoms with Gasteiger partial charge in [-0.3, -0.25) is 19.1 Å². The van der Waals surface area contributed by atoms with Gasteiger partial charge in [-0.1, -0.05) is 41.5 Å². The molecular formula is C26H27N5O5S. The smallest absolute Gasteiger partial charge is 0.357 e. The zero-order valence-corrected chi connectivity index (χ0v) is 21.2. The van der Waals surface area contributed by atoms with E-state index in [1.807, 2.05) is 11.0 Å². The molecule has 2 aromatic rings. The molecule has 11 heteroatoms. The van der Waals surface area contributed by atoms with Crippen molar-refractivity contribution in [3.63, 3.8) is 0 Å². The van der Waals surface area contributed by atoms with Crippen molar-refractivity contribution < 1.29 is 19.1 Å². The summed E-state index contributed by atoms with van der Waals surface area (Å²) in [6, 6.07) is 8.91. The summed E-state index contributed by atoms with van der Waals surface area (Å²) in [5.74, 6) is -0.952. The van der Waals surface area contributed by atoms with Gasteiger partial charge >= 0.3 is 5.97 Å². The van der Waals surface area contributed by atoms with E-state index < -0.39 is 5.97 Å². The van der Waals surface area contributed by atoms with Crippen LogP contribution in [-0.4, -0.2) is 60.8 Å². The first-order chi connectivity index (χ1) is 17.9. The second-order valence-electron chi connectivity index (χ2n) is 7.74. The minimum absolute atomic E-state index is 0.0388. The molecule has 10 nitrogen and oxygen atoms in total. The molecule has 1 aromatic heterocycles. The number of nitriles is 1. The van der Waals surface area contributed by atoms with Crippen molar-refractivity contribution in [2.24, 2.45) is 0 Å². The van der Waals surface area contributed by atoms with E-state index in [4.69, 9.17) is 9.47 Å². The Morgan fingerprint density at radius 2 is 2.05 bits per heavy atom. The van der Waals surface area contributed by atoms with E-state index in [0.29, 0.717) is 42.3 Å². The number of esters is 1. The van der Waals surface area contributed by atoms with Crippen LogP contribution in [0, 0.1) is 11.3 Å². The van der Waals surface area contributed by atoms with Crippen LogP contribution in [0.3, 0.4) is 0 Å². The number of amides is 1. The summed E-state index contributed by atoms with van der Waals surface area (Å²) in [4.78, 5) is 39.2.